The molecule has 0 heterocycles. The van der Waals surface area contributed by atoms with Crippen LogP contribution in [0.3, 0.4) is 0 Å². The minimum Gasteiger partial charge on any atom is -0.427 e. The molecule has 0 N–H and O–H groups in total. The summed E-state index contributed by atoms with van der Waals surface area (Å²) in [6.07, 6.45) is -4.49. The molecule has 32 heteroatoms. The van der Waals surface area contributed by atoms with Crippen molar-refractivity contribution in [3.63, 3.8) is 0 Å². The zero-order chi connectivity index (χ0) is 96.7. The zero-order valence-electron chi connectivity index (χ0n) is 73.7. The van der Waals surface area contributed by atoms with E-state index in [2.05, 4.69) is 0 Å². The normalized spacial score (nSPS) is 10.9. The largest absolute Gasteiger partial charge is 0.427 e. The van der Waals surface area contributed by atoms with Crippen LogP contribution in [0.5, 0.6) is 92.0 Å². The van der Waals surface area contributed by atoms with Crippen molar-refractivity contribution < 1.29 is 153 Å². The molecule has 32 nitrogen and oxygen atoms in total. The van der Waals surface area contributed by atoms with Gasteiger partial charge in [0.1, 0.15) is 46.0 Å². The monoisotopic (exact) mass is 1840 g/mol. The zero-order valence-corrected chi connectivity index (χ0v) is 73.7. The molecule has 0 atom stereocenters. The summed E-state index contributed by atoms with van der Waals surface area (Å²) in [5.41, 5.74) is 2.28. The van der Waals surface area contributed by atoms with Gasteiger partial charge in [0.15, 0.2) is 46.0 Å². The Hall–Kier alpha value is -17.8. The lowest BCUT2D eigenvalue weighted by molar-refractivity contribution is -0.136. The second-order valence-electron chi connectivity index (χ2n) is 30.8. The predicted molar refractivity (Wildman–Crippen MR) is 482 cm³/mol. The molecule has 0 aliphatic rings. The van der Waals surface area contributed by atoms with Gasteiger partial charge in [-0.3, -0.25) is 76.7 Å². The van der Waals surface area contributed by atoms with Crippen molar-refractivity contribution in [2.24, 2.45) is 0 Å². The number of fused-ring (bicyclic) bond motifs is 6. The second kappa shape index (κ2) is 41.9. The summed E-state index contributed by atoms with van der Waals surface area (Å²) in [7, 11) is 0. The first kappa shape index (κ1) is 94.3. The van der Waals surface area contributed by atoms with E-state index in [4.69, 9.17) is 75.8 Å². The number of hydrogen-bond donors (Lipinski definition) is 0. The Bertz CT molecular complexity index is 6710. The third-order valence-electron chi connectivity index (χ3n) is 20.1. The fourth-order valence-corrected chi connectivity index (χ4v) is 14.7. The van der Waals surface area contributed by atoms with E-state index in [1.165, 1.54) is 286 Å². The number of carbonyl (C=O) groups excluding carboxylic acids is 16. The Morgan fingerprint density at radius 2 is 0.287 bits per heavy atom. The highest BCUT2D eigenvalue weighted by Crippen LogP contribution is 2.57. The summed E-state index contributed by atoms with van der Waals surface area (Å²) in [4.78, 5) is 219. The first-order chi connectivity index (χ1) is 65.1. The molecule has 686 valence electrons. The molecular weight excluding hydrogens is 1760 g/mol. The van der Waals surface area contributed by atoms with Crippen LogP contribution in [0.1, 0.15) is 99.9 Å². The van der Waals surface area contributed by atoms with Gasteiger partial charge in [-0.25, -0.2) is 0 Å². The summed E-state index contributed by atoms with van der Waals surface area (Å²) in [5, 5.41) is -1.39. The number of rotatable bonds is 32. The molecule has 0 spiro atoms. The highest BCUT2D eigenvalue weighted by atomic mass is 16.6. The summed E-state index contributed by atoms with van der Waals surface area (Å²) in [6.45, 7) is 9.52. The van der Waals surface area contributed by atoms with Crippen LogP contribution < -0.4 is 75.8 Å². The Kier molecular flexibility index (Phi) is 29.1. The van der Waals surface area contributed by atoms with Gasteiger partial charge in [-0.05, 0) is 210 Å². The molecule has 14 aromatic rings. The molecule has 0 bridgehead atoms. The van der Waals surface area contributed by atoms with Crippen LogP contribution in [0.4, 0.5) is 0 Å². The molecule has 136 heavy (non-hydrogen) atoms. The second-order valence-corrected chi connectivity index (χ2v) is 30.8. The van der Waals surface area contributed by atoms with E-state index in [1.807, 2.05) is 0 Å². The van der Waals surface area contributed by atoms with E-state index in [9.17, 15) is 38.4 Å². The molecule has 14 rings (SSSR count). The molecule has 0 saturated heterocycles. The molecule has 0 amide bonds. The third-order valence-corrected chi connectivity index (χ3v) is 20.1. The van der Waals surface area contributed by atoms with Crippen molar-refractivity contribution in [2.45, 2.75) is 107 Å². The fraction of sp³-hybridized carbons (Fsp3) is 0.154. The maximum atomic E-state index is 15.6. The number of carbonyl (C=O) groups is 16. The Morgan fingerprint density at radius 1 is 0.154 bits per heavy atom. The van der Waals surface area contributed by atoms with Gasteiger partial charge in [0.2, 0.25) is 0 Å². The molecule has 0 saturated carbocycles. The fourth-order valence-electron chi connectivity index (χ4n) is 14.7. The van der Waals surface area contributed by atoms with Crippen LogP contribution in [-0.4, -0.2) is 95.5 Å². The smallest absolute Gasteiger partial charge is 0.315 e. The first-order valence-corrected chi connectivity index (χ1v) is 41.7. The van der Waals surface area contributed by atoms with Crippen LogP contribution in [-0.2, 0) is 128 Å². The van der Waals surface area contributed by atoms with E-state index in [-0.39, 0.29) is 122 Å². The van der Waals surface area contributed by atoms with E-state index in [1.54, 1.807) is 0 Å². The Morgan fingerprint density at radius 3 is 0.449 bits per heavy atom. The minimum atomic E-state index is -1.09. The molecule has 14 aromatic carbocycles. The van der Waals surface area contributed by atoms with Gasteiger partial charge in [0, 0.05) is 76.9 Å². The molecular formula is C104H78O32. The van der Waals surface area contributed by atoms with Crippen molar-refractivity contribution in [3.8, 4) is 92.0 Å². The molecule has 0 aliphatic heterocycles. The van der Waals surface area contributed by atoms with Crippen molar-refractivity contribution in [1.29, 1.82) is 0 Å². The van der Waals surface area contributed by atoms with Crippen molar-refractivity contribution in [2.75, 3.05) is 0 Å². The van der Waals surface area contributed by atoms with E-state index in [0.29, 0.717) is 22.3 Å². The number of benzene rings is 14. The SMILES string of the molecule is CC(=O)Oc1ccc(CC(=O)Oc2cc3c(cc2OC(=O)Cc2ccc(OC(C)=O)cc2)c2c(OC(=O)Cc4ccc(OC(C)=O)cc4)c(OC(=O)Cc4ccc(OC(C)=O)cc4)cc4c5cc(OC(=O)Cc6ccc(OC(C)=O)cc6)c(OC(=O)Cc6ccc(OC(C)=O)cc6)cc5c5c(OC(=O)Cc6ccc(OC(C)=O)cc6)c(OC(=O)Cc6ccc(OC(C)=O)cc6)cc3c5c42)cc1. The number of esters is 16. The van der Waals surface area contributed by atoms with Crippen molar-refractivity contribution in [3.05, 3.63) is 275 Å². The van der Waals surface area contributed by atoms with Crippen LogP contribution in [0, 0.1) is 0 Å². The summed E-state index contributed by atoms with van der Waals surface area (Å²) in [6, 6.07) is 53.7. The van der Waals surface area contributed by atoms with Crippen molar-refractivity contribution in [1.82, 2.24) is 0 Å². The highest BCUT2D eigenvalue weighted by molar-refractivity contribution is 6.43. The van der Waals surface area contributed by atoms with Gasteiger partial charge >= 0.3 is 95.5 Å². The maximum absolute atomic E-state index is 15.6. The highest BCUT2D eigenvalue weighted by Gasteiger charge is 2.34. The van der Waals surface area contributed by atoms with Crippen molar-refractivity contribution >= 4 is 149 Å². The van der Waals surface area contributed by atoms with Crippen LogP contribution in [0.15, 0.2) is 231 Å². The van der Waals surface area contributed by atoms with Crippen LogP contribution in [0.25, 0.3) is 53.9 Å². The van der Waals surface area contributed by atoms with E-state index >= 15 is 38.4 Å². The third kappa shape index (κ3) is 24.6. The van der Waals surface area contributed by atoms with Crippen LogP contribution >= 0.6 is 0 Å². The molecule has 0 aliphatic carbocycles. The lowest BCUT2D eigenvalue weighted by Crippen LogP contribution is -2.17. The van der Waals surface area contributed by atoms with Gasteiger partial charge in [-0.2, -0.15) is 0 Å². The maximum Gasteiger partial charge on any atom is 0.315 e. The predicted octanol–water partition coefficient (Wildman–Crippen LogP) is 15.5. The van der Waals surface area contributed by atoms with E-state index in [0.717, 1.165) is 0 Å². The minimum absolute atomic E-state index is 0.0686. The Labute approximate surface area is 771 Å². The topological polar surface area (TPSA) is 421 Å². The standard InChI is InChI=1S/C104H78O32/c1-55(105)121-71-25-9-63(10-26-71)41-91(113)129-85-49-79-81-53-89(133-95(117)45-67-17-33-75(34-18-67)125-59(5)109)104(136-98(120)48-70-23-39-78(40-24-70)128-62(8)112)102-84-52-88(132-94(116)44-66-15-31-74(32-16-66)124-58(4)108)86(130-92(114)42-64-11-27-72(28-12-64)122-56(2)106)50-80(84)82-54-90(134-96(118)46-68-19-35-76(36-20-68)126-60(6)110)103(135-97(119)47-69-21-37-77(38-22-69)127-61(7)111)101(100(82)99(81)102)83(79)51-87(85)131-93(115)43-65-13-29-73(30-14-65)123-57(3)107/h9-40,49-54H,41-48H2,1-8H3. The van der Waals surface area contributed by atoms with Gasteiger partial charge in [0.25, 0.3) is 0 Å². The average Bonchev–Trinajstić information content (AvgIpc) is 0.680. The lowest BCUT2D eigenvalue weighted by atomic mass is 9.84. The molecule has 0 unspecified atom stereocenters. The first-order valence-electron chi connectivity index (χ1n) is 41.7. The van der Waals surface area contributed by atoms with E-state index < -0.39 is 193 Å². The quantitative estimate of drug-likeness (QED) is 0.0163. The summed E-state index contributed by atoms with van der Waals surface area (Å²) >= 11 is 0. The van der Waals surface area contributed by atoms with Gasteiger partial charge < -0.3 is 75.8 Å². The summed E-state index contributed by atoms with van der Waals surface area (Å²) < 4.78 is 94.3. The molecule has 0 radical (unpaired) electrons. The molecule has 0 fully saturated rings. The van der Waals surface area contributed by atoms with Gasteiger partial charge in [-0.1, -0.05) is 97.1 Å². The number of ether oxygens (including phenoxy) is 16. The Balaban J connectivity index is 1.11. The molecule has 0 aromatic heterocycles. The summed E-state index contributed by atoms with van der Waals surface area (Å²) in [5.74, 6) is -17.1. The average molecular weight is 1840 g/mol. The lowest BCUT2D eigenvalue weighted by Gasteiger charge is -2.25. The number of hydrogen-bond acceptors (Lipinski definition) is 32. The van der Waals surface area contributed by atoms with Crippen LogP contribution in [0.2, 0.25) is 0 Å². The van der Waals surface area contributed by atoms with Gasteiger partial charge in [-0.15, -0.1) is 0 Å². The van der Waals surface area contributed by atoms with Gasteiger partial charge in [0.05, 0.1) is 51.4 Å².